The van der Waals surface area contributed by atoms with Crippen molar-refractivity contribution >= 4 is 11.5 Å². The van der Waals surface area contributed by atoms with Crippen LogP contribution in [0.2, 0.25) is 0 Å². The number of pyridine rings is 1. The monoisotopic (exact) mass is 346 g/mol. The molecule has 3 aromatic rings. The lowest BCUT2D eigenvalue weighted by Gasteiger charge is -2.21. The molecule has 3 rings (SSSR count). The first-order chi connectivity index (χ1) is 11.9. The van der Waals surface area contributed by atoms with Gasteiger partial charge in [-0.2, -0.15) is 9.49 Å². The molecule has 1 atom stereocenters. The predicted octanol–water partition coefficient (Wildman–Crippen LogP) is 3.66. The van der Waals surface area contributed by atoms with Crippen molar-refractivity contribution in [2.75, 3.05) is 6.67 Å². The van der Waals surface area contributed by atoms with Gasteiger partial charge in [0, 0.05) is 24.2 Å². The minimum Gasteiger partial charge on any atom is -0.481 e. The Labute approximate surface area is 142 Å². The van der Waals surface area contributed by atoms with E-state index in [2.05, 4.69) is 5.10 Å². The van der Waals surface area contributed by atoms with Crippen LogP contribution in [0.3, 0.4) is 0 Å². The van der Waals surface area contributed by atoms with E-state index >= 15 is 0 Å². The first kappa shape index (κ1) is 16.9. The highest BCUT2D eigenvalue weighted by Gasteiger charge is 2.26. The molecule has 7 heteroatoms. The Morgan fingerprint density at radius 2 is 2.12 bits per heavy atom. The molecule has 0 aliphatic rings. The number of carbonyl (C=O) groups is 1. The van der Waals surface area contributed by atoms with Gasteiger partial charge in [0.15, 0.2) is 6.67 Å². The van der Waals surface area contributed by atoms with Crippen molar-refractivity contribution in [3.63, 3.8) is 0 Å². The molecule has 0 radical (unpaired) electrons. The van der Waals surface area contributed by atoms with Crippen LogP contribution < -0.4 is 4.74 Å². The van der Waals surface area contributed by atoms with E-state index in [9.17, 15) is 13.6 Å². The number of halogens is 2. The van der Waals surface area contributed by atoms with Crippen molar-refractivity contribution in [3.8, 4) is 16.9 Å². The molecule has 5 nitrogen and oxygen atoms in total. The number of para-hydroxylation sites is 1. The van der Waals surface area contributed by atoms with E-state index in [1.807, 2.05) is 0 Å². The van der Waals surface area contributed by atoms with E-state index in [4.69, 9.17) is 9.84 Å². The van der Waals surface area contributed by atoms with Crippen molar-refractivity contribution in [2.45, 2.75) is 19.2 Å². The third-order valence-electron chi connectivity index (χ3n) is 3.70. The Hall–Kier alpha value is -2.96. The average molecular weight is 346 g/mol. The summed E-state index contributed by atoms with van der Waals surface area (Å²) in [7, 11) is 0. The fourth-order valence-electron chi connectivity index (χ4n) is 2.55. The first-order valence-corrected chi connectivity index (χ1v) is 7.61. The van der Waals surface area contributed by atoms with Gasteiger partial charge < -0.3 is 9.84 Å². The summed E-state index contributed by atoms with van der Waals surface area (Å²) in [4.78, 5) is 11.0. The number of rotatable bonds is 6. The van der Waals surface area contributed by atoms with E-state index in [1.54, 1.807) is 47.1 Å². The number of ether oxygens (including phenoxy) is 1. The quantitative estimate of drug-likeness (QED) is 0.740. The number of benzene rings is 1. The van der Waals surface area contributed by atoms with Gasteiger partial charge in [-0.15, -0.1) is 0 Å². The lowest BCUT2D eigenvalue weighted by atomic mass is 10.0. The maximum atomic E-state index is 13.9. The van der Waals surface area contributed by atoms with E-state index in [-0.39, 0.29) is 12.2 Å². The van der Waals surface area contributed by atoms with Gasteiger partial charge in [0.05, 0.1) is 18.1 Å². The highest BCUT2D eigenvalue weighted by Crippen LogP contribution is 2.33. The molecule has 2 aromatic heterocycles. The summed E-state index contributed by atoms with van der Waals surface area (Å²) in [6.45, 7) is -0.249. The van der Waals surface area contributed by atoms with E-state index < -0.39 is 18.5 Å². The van der Waals surface area contributed by atoms with Crippen molar-refractivity contribution < 1.29 is 23.4 Å². The second kappa shape index (κ2) is 6.51. The lowest BCUT2D eigenvalue weighted by Crippen LogP contribution is -2.29. The summed E-state index contributed by atoms with van der Waals surface area (Å²) in [5.74, 6) is -3.18. The smallest absolute Gasteiger partial charge is 0.307 e. The second-order valence-electron chi connectivity index (χ2n) is 5.82. The molecule has 0 aliphatic heterocycles. The van der Waals surface area contributed by atoms with Crippen LogP contribution in [-0.2, 0) is 11.2 Å². The number of aromatic nitrogens is 2. The van der Waals surface area contributed by atoms with Crippen LogP contribution in [0.1, 0.15) is 12.5 Å². The third kappa shape index (κ3) is 3.60. The highest BCUT2D eigenvalue weighted by atomic mass is 19.2. The largest absolute Gasteiger partial charge is 0.481 e. The molecule has 1 N–H and O–H groups in total. The summed E-state index contributed by atoms with van der Waals surface area (Å²) in [5, 5.41) is 13.1. The zero-order chi connectivity index (χ0) is 18.0. The van der Waals surface area contributed by atoms with Crippen LogP contribution in [0.5, 0.6) is 5.75 Å². The Balaban J connectivity index is 2.06. The van der Waals surface area contributed by atoms with Gasteiger partial charge in [0.2, 0.25) is 0 Å². The van der Waals surface area contributed by atoms with Crippen LogP contribution in [0.4, 0.5) is 8.78 Å². The van der Waals surface area contributed by atoms with Crippen LogP contribution in [0.25, 0.3) is 16.6 Å². The highest BCUT2D eigenvalue weighted by molar-refractivity contribution is 5.78. The van der Waals surface area contributed by atoms with Crippen molar-refractivity contribution in [1.82, 2.24) is 9.61 Å². The summed E-state index contributed by atoms with van der Waals surface area (Å²) >= 11 is 0. The van der Waals surface area contributed by atoms with Gasteiger partial charge >= 0.3 is 5.97 Å². The van der Waals surface area contributed by atoms with Crippen LogP contribution in [0, 0.1) is 0 Å². The van der Waals surface area contributed by atoms with Crippen LogP contribution in [-0.4, -0.2) is 33.2 Å². The summed E-state index contributed by atoms with van der Waals surface area (Å²) in [6, 6.07) is 10.2. The molecular weight excluding hydrogens is 330 g/mol. The molecule has 0 saturated heterocycles. The number of hydrogen-bond donors (Lipinski definition) is 1. The minimum absolute atomic E-state index is 0.157. The molecule has 130 valence electrons. The minimum atomic E-state index is -2.43. The number of alkyl halides is 2. The van der Waals surface area contributed by atoms with Gasteiger partial charge in [-0.05, 0) is 23.8 Å². The summed E-state index contributed by atoms with van der Waals surface area (Å²) < 4.78 is 33.4. The van der Waals surface area contributed by atoms with E-state index in [0.29, 0.717) is 22.2 Å². The maximum absolute atomic E-state index is 13.9. The van der Waals surface area contributed by atoms with Crippen molar-refractivity contribution in [2.24, 2.45) is 0 Å². The fraction of sp³-hybridized carbons (Fsp3) is 0.222. The number of fused-ring (bicyclic) bond motifs is 1. The van der Waals surface area contributed by atoms with Crippen LogP contribution in [0.15, 0.2) is 48.8 Å². The number of aliphatic carboxylic acids is 1. The SMILES string of the molecule is CC(F)(CF)Oc1ccccc1-c1ccn2ncc(CC(=O)O)c2c1. The predicted molar refractivity (Wildman–Crippen MR) is 88.1 cm³/mol. The Bertz CT molecular complexity index is 922. The standard InChI is InChI=1S/C18H16F2N2O3/c1-18(20,11-19)25-16-5-3-2-4-14(16)12-6-7-22-15(8-12)13(10-21-22)9-17(23)24/h2-8,10H,9,11H2,1H3,(H,23,24). The zero-order valence-electron chi connectivity index (χ0n) is 13.4. The lowest BCUT2D eigenvalue weighted by molar-refractivity contribution is -0.136. The van der Waals surface area contributed by atoms with Crippen LogP contribution >= 0.6 is 0 Å². The molecule has 2 heterocycles. The molecule has 1 aromatic carbocycles. The fourth-order valence-corrected chi connectivity index (χ4v) is 2.55. The third-order valence-corrected chi connectivity index (χ3v) is 3.70. The van der Waals surface area contributed by atoms with Crippen molar-refractivity contribution in [3.05, 3.63) is 54.4 Å². The number of nitrogens with zero attached hydrogens (tertiary/aromatic N) is 2. The Kier molecular flexibility index (Phi) is 4.39. The molecule has 25 heavy (non-hydrogen) atoms. The Morgan fingerprint density at radius 1 is 1.36 bits per heavy atom. The van der Waals surface area contributed by atoms with Crippen molar-refractivity contribution in [1.29, 1.82) is 0 Å². The number of carboxylic acid groups (broad SMARTS) is 1. The average Bonchev–Trinajstić information content (AvgIpc) is 2.97. The molecule has 1 unspecified atom stereocenters. The number of hydrogen-bond acceptors (Lipinski definition) is 3. The molecule has 0 bridgehead atoms. The molecule has 0 amide bonds. The zero-order valence-corrected chi connectivity index (χ0v) is 13.4. The normalized spacial score (nSPS) is 13.6. The van der Waals surface area contributed by atoms with Gasteiger partial charge in [0.1, 0.15) is 5.75 Å². The van der Waals surface area contributed by atoms with E-state index in [1.165, 1.54) is 6.20 Å². The van der Waals surface area contributed by atoms with E-state index in [0.717, 1.165) is 6.92 Å². The summed E-state index contributed by atoms with van der Waals surface area (Å²) in [6.07, 6.45) is 3.02. The summed E-state index contributed by atoms with van der Waals surface area (Å²) in [5.41, 5.74) is 2.45. The second-order valence-corrected chi connectivity index (χ2v) is 5.82. The number of carboxylic acids is 1. The molecule has 0 saturated carbocycles. The molecule has 0 fully saturated rings. The molecule has 0 aliphatic carbocycles. The Morgan fingerprint density at radius 3 is 2.84 bits per heavy atom. The molecular formula is C18H16F2N2O3. The van der Waals surface area contributed by atoms with Gasteiger partial charge in [-0.3, -0.25) is 4.79 Å². The maximum Gasteiger partial charge on any atom is 0.307 e. The van der Waals surface area contributed by atoms with Gasteiger partial charge in [-0.25, -0.2) is 8.91 Å². The molecule has 0 spiro atoms. The topological polar surface area (TPSA) is 63.8 Å². The van der Waals surface area contributed by atoms with Gasteiger partial charge in [0.25, 0.3) is 5.85 Å². The first-order valence-electron chi connectivity index (χ1n) is 7.61. The van der Waals surface area contributed by atoms with Gasteiger partial charge in [-0.1, -0.05) is 18.2 Å².